The van der Waals surface area contributed by atoms with Gasteiger partial charge in [-0.25, -0.2) is 12.8 Å². The van der Waals surface area contributed by atoms with Crippen LogP contribution in [0.2, 0.25) is 10.0 Å². The molecule has 27 heavy (non-hydrogen) atoms. The van der Waals surface area contributed by atoms with Gasteiger partial charge >= 0.3 is 15.9 Å². The fraction of sp³-hybridized carbons (Fsp3) is 0.143. The first kappa shape index (κ1) is 21.6. The highest BCUT2D eigenvalue weighted by Gasteiger charge is 2.33. The largest absolute Gasteiger partial charge is 0.455 e. The van der Waals surface area contributed by atoms with Crippen LogP contribution >= 0.6 is 23.2 Å². The molecule has 0 unspecified atom stereocenters. The summed E-state index contributed by atoms with van der Waals surface area (Å²) in [6.45, 7) is 0. The quantitative estimate of drug-likeness (QED) is 0.593. The van der Waals surface area contributed by atoms with Gasteiger partial charge in [0, 0.05) is 11.1 Å². The van der Waals surface area contributed by atoms with Crippen LogP contribution in [0.3, 0.4) is 0 Å². The van der Waals surface area contributed by atoms with E-state index in [4.69, 9.17) is 27.9 Å². The minimum Gasteiger partial charge on any atom is -0.455 e. The highest BCUT2D eigenvalue weighted by Crippen LogP contribution is 2.43. The topological polar surface area (TPSA) is 86.7 Å². The minimum atomic E-state index is -5.25. The van der Waals surface area contributed by atoms with Crippen LogP contribution in [-0.2, 0) is 20.0 Å². The Kier molecular flexibility index (Phi) is 6.19. The van der Waals surface area contributed by atoms with Crippen LogP contribution in [0.25, 0.3) is 0 Å². The Morgan fingerprint density at radius 3 is 2.19 bits per heavy atom. The lowest BCUT2D eigenvalue weighted by molar-refractivity contribution is 0.234. The molecule has 0 spiro atoms. The van der Waals surface area contributed by atoms with Crippen molar-refractivity contribution in [1.82, 2.24) is 0 Å². The van der Waals surface area contributed by atoms with Crippen LogP contribution in [0.5, 0.6) is 17.2 Å². The number of alkyl halides is 2. The predicted molar refractivity (Wildman–Crippen MR) is 91.6 cm³/mol. The van der Waals surface area contributed by atoms with Gasteiger partial charge in [0.1, 0.15) is 27.2 Å². The molecular weight excluding hydrogens is 456 g/mol. The van der Waals surface area contributed by atoms with E-state index in [-0.39, 0.29) is 16.5 Å². The van der Waals surface area contributed by atoms with Gasteiger partial charge in [-0.05, 0) is 24.3 Å². The van der Waals surface area contributed by atoms with Gasteiger partial charge in [0.05, 0.1) is 6.26 Å². The van der Waals surface area contributed by atoms with Gasteiger partial charge in [0.15, 0.2) is 5.75 Å². The van der Waals surface area contributed by atoms with Crippen LogP contribution in [-0.4, -0.2) is 28.8 Å². The standard InChI is InChI=1S/C14H9Cl2F3O6S2/c1-26(20,21)25-13-11(27(22,23)14(18)19)3-2-10(12(13)16)24-9-5-7(15)4-8(17)6-9/h2-6,14H,1H3. The van der Waals surface area contributed by atoms with Crippen molar-refractivity contribution in [3.8, 4) is 17.2 Å². The minimum absolute atomic E-state index is 0.0365. The summed E-state index contributed by atoms with van der Waals surface area (Å²) < 4.78 is 95.1. The van der Waals surface area contributed by atoms with Gasteiger partial charge < -0.3 is 8.92 Å². The molecule has 2 aromatic carbocycles. The van der Waals surface area contributed by atoms with Crippen molar-refractivity contribution in [2.75, 3.05) is 6.26 Å². The van der Waals surface area contributed by atoms with Crippen LogP contribution in [0.15, 0.2) is 35.2 Å². The zero-order valence-corrected chi connectivity index (χ0v) is 16.3. The molecule has 0 saturated carbocycles. The van der Waals surface area contributed by atoms with Crippen LogP contribution < -0.4 is 8.92 Å². The van der Waals surface area contributed by atoms with E-state index in [2.05, 4.69) is 4.18 Å². The third-order valence-electron chi connectivity index (χ3n) is 2.87. The number of halogens is 5. The number of ether oxygens (including phenoxy) is 1. The summed E-state index contributed by atoms with van der Waals surface area (Å²) >= 11 is 11.6. The van der Waals surface area contributed by atoms with Crippen molar-refractivity contribution in [1.29, 1.82) is 0 Å². The Balaban J connectivity index is 2.64. The molecule has 0 aliphatic heterocycles. The normalized spacial score (nSPS) is 12.3. The number of rotatable bonds is 6. The van der Waals surface area contributed by atoms with E-state index in [1.165, 1.54) is 6.07 Å². The van der Waals surface area contributed by atoms with Gasteiger partial charge in [-0.15, -0.1) is 0 Å². The van der Waals surface area contributed by atoms with Crippen LogP contribution in [0.4, 0.5) is 13.2 Å². The summed E-state index contributed by atoms with van der Waals surface area (Å²) in [5.74, 6) is -6.25. The molecule has 0 aliphatic rings. The number of benzene rings is 2. The second-order valence-electron chi connectivity index (χ2n) is 5.01. The van der Waals surface area contributed by atoms with Gasteiger partial charge in [-0.3, -0.25) is 0 Å². The van der Waals surface area contributed by atoms with E-state index < -0.39 is 47.2 Å². The molecule has 2 aromatic rings. The summed E-state index contributed by atoms with van der Waals surface area (Å²) in [5, 5.41) is -0.770. The van der Waals surface area contributed by atoms with E-state index in [0.717, 1.165) is 18.2 Å². The molecule has 0 aromatic heterocycles. The Morgan fingerprint density at radius 1 is 1.04 bits per heavy atom. The summed E-state index contributed by atoms with van der Waals surface area (Å²) in [4.78, 5) is -1.16. The molecule has 13 heteroatoms. The molecule has 0 atom stereocenters. The van der Waals surface area contributed by atoms with E-state index in [9.17, 15) is 30.0 Å². The lowest BCUT2D eigenvalue weighted by atomic mass is 10.3. The Bertz CT molecular complexity index is 1070. The maximum atomic E-state index is 13.4. The van der Waals surface area contributed by atoms with Crippen molar-refractivity contribution in [2.45, 2.75) is 10.7 Å². The maximum absolute atomic E-state index is 13.4. The predicted octanol–water partition coefficient (Wildman–Crippen LogP) is 4.26. The summed E-state index contributed by atoms with van der Waals surface area (Å²) in [5.41, 5.74) is 0. The highest BCUT2D eigenvalue weighted by molar-refractivity contribution is 7.92. The molecule has 0 heterocycles. The average molecular weight is 465 g/mol. The summed E-state index contributed by atoms with van der Waals surface area (Å²) in [7, 11) is -9.59. The number of sulfone groups is 1. The summed E-state index contributed by atoms with van der Waals surface area (Å²) in [6, 6.07) is 4.58. The molecular formula is C14H9Cl2F3O6S2. The zero-order valence-electron chi connectivity index (χ0n) is 13.1. The molecule has 0 amide bonds. The van der Waals surface area contributed by atoms with Gasteiger partial charge in [0.2, 0.25) is 9.84 Å². The molecule has 0 aliphatic carbocycles. The first-order chi connectivity index (χ1) is 12.3. The first-order valence-electron chi connectivity index (χ1n) is 6.69. The molecule has 0 N–H and O–H groups in total. The molecule has 0 bridgehead atoms. The fourth-order valence-corrected chi connectivity index (χ4v) is 3.80. The smallest absolute Gasteiger partial charge is 0.341 e. The summed E-state index contributed by atoms with van der Waals surface area (Å²) in [6.07, 6.45) is 0.558. The molecule has 6 nitrogen and oxygen atoms in total. The Morgan fingerprint density at radius 2 is 1.67 bits per heavy atom. The SMILES string of the molecule is CS(=O)(=O)Oc1c(S(=O)(=O)C(F)F)ccc(Oc2cc(F)cc(Cl)c2)c1Cl. The third kappa shape index (κ3) is 5.18. The molecule has 0 saturated heterocycles. The lowest BCUT2D eigenvalue weighted by Gasteiger charge is -2.15. The van der Waals surface area contributed by atoms with Crippen molar-refractivity contribution in [2.24, 2.45) is 0 Å². The van der Waals surface area contributed by atoms with Crippen molar-refractivity contribution in [3.05, 3.63) is 46.2 Å². The van der Waals surface area contributed by atoms with Crippen LogP contribution in [0, 0.1) is 5.82 Å². The van der Waals surface area contributed by atoms with Crippen molar-refractivity contribution >= 4 is 43.2 Å². The molecule has 0 radical (unpaired) electrons. The Hall–Kier alpha value is -1.69. The van der Waals surface area contributed by atoms with E-state index in [1.54, 1.807) is 0 Å². The van der Waals surface area contributed by atoms with E-state index >= 15 is 0 Å². The molecule has 148 valence electrons. The molecule has 0 fully saturated rings. The first-order valence-corrected chi connectivity index (χ1v) is 10.8. The van der Waals surface area contributed by atoms with Crippen LogP contribution in [0.1, 0.15) is 0 Å². The monoisotopic (exact) mass is 464 g/mol. The lowest BCUT2D eigenvalue weighted by Crippen LogP contribution is -2.15. The average Bonchev–Trinajstić information content (AvgIpc) is 2.48. The van der Waals surface area contributed by atoms with E-state index in [0.29, 0.717) is 12.3 Å². The molecule has 2 rings (SSSR count). The Labute approximate surface area is 162 Å². The second-order valence-corrected chi connectivity index (χ2v) is 9.28. The van der Waals surface area contributed by atoms with Gasteiger partial charge in [-0.1, -0.05) is 23.2 Å². The van der Waals surface area contributed by atoms with Gasteiger partial charge in [-0.2, -0.15) is 17.2 Å². The van der Waals surface area contributed by atoms with Gasteiger partial charge in [0.25, 0.3) is 0 Å². The zero-order chi connectivity index (χ0) is 20.6. The maximum Gasteiger partial charge on any atom is 0.341 e. The highest BCUT2D eigenvalue weighted by atomic mass is 35.5. The van der Waals surface area contributed by atoms with E-state index in [1.807, 2.05) is 0 Å². The second kappa shape index (κ2) is 7.74. The van der Waals surface area contributed by atoms with Crippen molar-refractivity contribution in [3.63, 3.8) is 0 Å². The fourth-order valence-electron chi connectivity index (χ4n) is 1.86. The van der Waals surface area contributed by atoms with Crippen molar-refractivity contribution < 1.29 is 38.9 Å². The number of hydrogen-bond donors (Lipinski definition) is 0. The third-order valence-corrected chi connectivity index (χ3v) is 5.31. The number of hydrogen-bond acceptors (Lipinski definition) is 6.